The highest BCUT2D eigenvalue weighted by Gasteiger charge is 2.35. The predicted molar refractivity (Wildman–Crippen MR) is 81.9 cm³/mol. The first kappa shape index (κ1) is 14.3. The van der Waals surface area contributed by atoms with Crippen LogP contribution in [-0.2, 0) is 9.59 Å². The van der Waals surface area contributed by atoms with Crippen LogP contribution in [0.2, 0.25) is 0 Å². The maximum Gasteiger partial charge on any atom is 0.229 e. The van der Waals surface area contributed by atoms with E-state index in [2.05, 4.69) is 5.32 Å². The monoisotopic (exact) mass is 298 g/mol. The lowest BCUT2D eigenvalue weighted by molar-refractivity contribution is -0.122. The zero-order chi connectivity index (χ0) is 15.5. The molecule has 112 valence electrons. The summed E-state index contributed by atoms with van der Waals surface area (Å²) in [6.07, 6.45) is 0.134. The standard InChI is InChI=1S/C17H15FN2O2/c18-14-8-4-5-9-15(14)19-17(22)12-10-16(21)20(11-12)13-6-2-1-3-7-13/h1-9,12H,10-11H2,(H,19,22)/t12-/m0/s1. The first-order valence-corrected chi connectivity index (χ1v) is 7.06. The Balaban J connectivity index is 1.71. The molecular formula is C17H15FN2O2. The van der Waals surface area contributed by atoms with E-state index < -0.39 is 11.7 Å². The quantitative estimate of drug-likeness (QED) is 0.947. The average molecular weight is 298 g/mol. The maximum absolute atomic E-state index is 13.6. The number of carbonyl (C=O) groups is 2. The van der Waals surface area contributed by atoms with Crippen molar-refractivity contribution in [3.05, 3.63) is 60.4 Å². The van der Waals surface area contributed by atoms with Gasteiger partial charge in [-0.3, -0.25) is 9.59 Å². The fourth-order valence-electron chi connectivity index (χ4n) is 2.54. The molecule has 4 nitrogen and oxygen atoms in total. The maximum atomic E-state index is 13.6. The number of hydrogen-bond acceptors (Lipinski definition) is 2. The summed E-state index contributed by atoms with van der Waals surface area (Å²) >= 11 is 0. The Bertz CT molecular complexity index is 703. The third kappa shape index (κ3) is 2.83. The Morgan fingerprint density at radius 1 is 1.09 bits per heavy atom. The van der Waals surface area contributed by atoms with Crippen LogP contribution in [0.3, 0.4) is 0 Å². The van der Waals surface area contributed by atoms with Crippen molar-refractivity contribution in [2.75, 3.05) is 16.8 Å². The van der Waals surface area contributed by atoms with Gasteiger partial charge in [-0.2, -0.15) is 0 Å². The summed E-state index contributed by atoms with van der Waals surface area (Å²) in [4.78, 5) is 25.9. The molecule has 1 atom stereocenters. The molecule has 0 spiro atoms. The van der Waals surface area contributed by atoms with Gasteiger partial charge in [0.05, 0.1) is 11.6 Å². The molecule has 22 heavy (non-hydrogen) atoms. The number of carbonyl (C=O) groups excluding carboxylic acids is 2. The fraction of sp³-hybridized carbons (Fsp3) is 0.176. The number of halogens is 1. The highest BCUT2D eigenvalue weighted by molar-refractivity contribution is 6.03. The van der Waals surface area contributed by atoms with E-state index in [1.165, 1.54) is 12.1 Å². The highest BCUT2D eigenvalue weighted by Crippen LogP contribution is 2.26. The second-order valence-electron chi connectivity index (χ2n) is 5.21. The molecular weight excluding hydrogens is 283 g/mol. The van der Waals surface area contributed by atoms with E-state index in [1.54, 1.807) is 17.0 Å². The molecule has 2 amide bonds. The van der Waals surface area contributed by atoms with Crippen molar-refractivity contribution >= 4 is 23.2 Å². The van der Waals surface area contributed by atoms with Gasteiger partial charge in [0, 0.05) is 18.7 Å². The fourth-order valence-corrected chi connectivity index (χ4v) is 2.54. The molecule has 0 bridgehead atoms. The predicted octanol–water partition coefficient (Wildman–Crippen LogP) is 2.82. The van der Waals surface area contributed by atoms with E-state index in [-0.39, 0.29) is 23.9 Å². The number of para-hydroxylation sites is 2. The van der Waals surface area contributed by atoms with Gasteiger partial charge in [-0.25, -0.2) is 4.39 Å². The van der Waals surface area contributed by atoms with Crippen molar-refractivity contribution in [3.8, 4) is 0 Å². The second-order valence-corrected chi connectivity index (χ2v) is 5.21. The molecule has 1 aliphatic rings. The number of rotatable bonds is 3. The molecule has 0 saturated carbocycles. The van der Waals surface area contributed by atoms with Crippen LogP contribution in [0, 0.1) is 11.7 Å². The van der Waals surface area contributed by atoms with E-state index in [4.69, 9.17) is 0 Å². The Morgan fingerprint density at radius 3 is 2.50 bits per heavy atom. The molecule has 2 aromatic carbocycles. The summed E-state index contributed by atoms with van der Waals surface area (Å²) in [5.41, 5.74) is 0.909. The van der Waals surface area contributed by atoms with Crippen LogP contribution in [0.1, 0.15) is 6.42 Å². The van der Waals surface area contributed by atoms with Crippen LogP contribution < -0.4 is 10.2 Å². The summed E-state index contributed by atoms with van der Waals surface area (Å²) in [5, 5.41) is 2.55. The molecule has 1 aliphatic heterocycles. The first-order chi connectivity index (χ1) is 10.6. The van der Waals surface area contributed by atoms with E-state index >= 15 is 0 Å². The normalized spacial score (nSPS) is 17.6. The number of benzene rings is 2. The molecule has 1 N–H and O–H groups in total. The third-order valence-electron chi connectivity index (χ3n) is 3.70. The molecule has 1 heterocycles. The SMILES string of the molecule is O=C(Nc1ccccc1F)[C@H]1CC(=O)N(c2ccccc2)C1. The van der Waals surface area contributed by atoms with Gasteiger partial charge in [-0.1, -0.05) is 30.3 Å². The largest absolute Gasteiger partial charge is 0.323 e. The summed E-state index contributed by atoms with van der Waals surface area (Å²) in [6, 6.07) is 15.2. The zero-order valence-corrected chi connectivity index (χ0v) is 11.8. The van der Waals surface area contributed by atoms with E-state index in [1.807, 2.05) is 30.3 Å². The van der Waals surface area contributed by atoms with E-state index in [0.29, 0.717) is 6.54 Å². The van der Waals surface area contributed by atoms with Gasteiger partial charge in [-0.15, -0.1) is 0 Å². The molecule has 0 aromatic heterocycles. The lowest BCUT2D eigenvalue weighted by Gasteiger charge is -2.16. The van der Waals surface area contributed by atoms with Gasteiger partial charge in [0.15, 0.2) is 0 Å². The van der Waals surface area contributed by atoms with Crippen molar-refractivity contribution in [2.24, 2.45) is 5.92 Å². The second kappa shape index (κ2) is 5.97. The van der Waals surface area contributed by atoms with Crippen LogP contribution in [0.4, 0.5) is 15.8 Å². The molecule has 2 aromatic rings. The van der Waals surface area contributed by atoms with Crippen molar-refractivity contribution in [1.82, 2.24) is 0 Å². The van der Waals surface area contributed by atoms with Crippen LogP contribution in [0.5, 0.6) is 0 Å². The van der Waals surface area contributed by atoms with Gasteiger partial charge in [0.25, 0.3) is 0 Å². The van der Waals surface area contributed by atoms with Gasteiger partial charge >= 0.3 is 0 Å². The van der Waals surface area contributed by atoms with Crippen molar-refractivity contribution in [3.63, 3.8) is 0 Å². The van der Waals surface area contributed by atoms with E-state index in [9.17, 15) is 14.0 Å². The molecule has 1 fully saturated rings. The Hall–Kier alpha value is -2.69. The number of anilines is 2. The molecule has 0 radical (unpaired) electrons. The van der Waals surface area contributed by atoms with Crippen LogP contribution in [-0.4, -0.2) is 18.4 Å². The van der Waals surface area contributed by atoms with Crippen molar-refractivity contribution < 1.29 is 14.0 Å². The lowest BCUT2D eigenvalue weighted by Crippen LogP contribution is -2.28. The van der Waals surface area contributed by atoms with Gasteiger partial charge < -0.3 is 10.2 Å². The molecule has 1 saturated heterocycles. The Labute approximate surface area is 127 Å². The average Bonchev–Trinajstić information content (AvgIpc) is 2.92. The van der Waals surface area contributed by atoms with Gasteiger partial charge in [0.1, 0.15) is 5.82 Å². The topological polar surface area (TPSA) is 49.4 Å². The highest BCUT2D eigenvalue weighted by atomic mass is 19.1. The minimum Gasteiger partial charge on any atom is -0.323 e. The van der Waals surface area contributed by atoms with Gasteiger partial charge in [-0.05, 0) is 24.3 Å². The molecule has 0 aliphatic carbocycles. The number of hydrogen-bond donors (Lipinski definition) is 1. The number of nitrogens with zero attached hydrogens (tertiary/aromatic N) is 1. The Morgan fingerprint density at radius 2 is 1.77 bits per heavy atom. The number of nitrogens with one attached hydrogen (secondary N) is 1. The molecule has 5 heteroatoms. The van der Waals surface area contributed by atoms with Crippen molar-refractivity contribution in [2.45, 2.75) is 6.42 Å². The summed E-state index contributed by atoms with van der Waals surface area (Å²) < 4.78 is 13.6. The summed E-state index contributed by atoms with van der Waals surface area (Å²) in [6.45, 7) is 0.309. The minimum atomic E-state index is -0.486. The first-order valence-electron chi connectivity index (χ1n) is 7.06. The van der Waals surface area contributed by atoms with Crippen LogP contribution in [0.15, 0.2) is 54.6 Å². The zero-order valence-electron chi connectivity index (χ0n) is 11.8. The van der Waals surface area contributed by atoms with Crippen LogP contribution >= 0.6 is 0 Å². The third-order valence-corrected chi connectivity index (χ3v) is 3.70. The Kier molecular flexibility index (Phi) is 3.87. The van der Waals surface area contributed by atoms with Crippen molar-refractivity contribution in [1.29, 1.82) is 0 Å². The van der Waals surface area contributed by atoms with E-state index in [0.717, 1.165) is 5.69 Å². The number of amides is 2. The smallest absolute Gasteiger partial charge is 0.229 e. The molecule has 0 unspecified atom stereocenters. The molecule has 3 rings (SSSR count). The summed E-state index contributed by atoms with van der Waals surface area (Å²) in [5.74, 6) is -1.40. The van der Waals surface area contributed by atoms with Crippen LogP contribution in [0.25, 0.3) is 0 Å². The summed E-state index contributed by atoms with van der Waals surface area (Å²) in [7, 11) is 0. The van der Waals surface area contributed by atoms with Gasteiger partial charge in [0.2, 0.25) is 11.8 Å². The minimum absolute atomic E-state index is 0.0973. The lowest BCUT2D eigenvalue weighted by atomic mass is 10.1.